The molecule has 0 radical (unpaired) electrons. The normalized spacial score (nSPS) is 16.1. The van der Waals surface area contributed by atoms with Gasteiger partial charge in [0.15, 0.2) is 0 Å². The van der Waals surface area contributed by atoms with Gasteiger partial charge in [0.2, 0.25) is 0 Å². The largest absolute Gasteiger partial charge is 0.248 e. The second-order valence-corrected chi connectivity index (χ2v) is 15.0. The topological polar surface area (TPSA) is 12.9 Å². The monoisotopic (exact) mass is 699 g/mol. The summed E-state index contributed by atoms with van der Waals surface area (Å²) in [5, 5.41) is 0. The van der Waals surface area contributed by atoms with Crippen LogP contribution in [0.2, 0.25) is 0 Å². The van der Waals surface area contributed by atoms with Gasteiger partial charge in [-0.25, -0.2) is 4.98 Å². The molecule has 55 heavy (non-hydrogen) atoms. The van der Waals surface area contributed by atoms with Crippen LogP contribution < -0.4 is 0 Å². The predicted molar refractivity (Wildman–Crippen MR) is 228 cm³/mol. The highest BCUT2D eigenvalue weighted by molar-refractivity contribution is 5.97. The standard InChI is InChI=1S/C54H37N/c1-3-15-36(16-4-1)52-34-43(35-53(55-52)37-17-5-2-6-18-37)41-22-14-20-39(32-41)38-19-13-21-40(31-38)42-29-30-47-46-25-9-12-28-50(46)54(51(47)33-42)48-26-10-7-23-44(48)45-24-8-11-27-49(45)54/h1-7,9-23,25-35H,8,24H2. The highest BCUT2D eigenvalue weighted by Gasteiger charge is 2.52. The van der Waals surface area contributed by atoms with E-state index in [-0.39, 0.29) is 5.41 Å². The molecular formula is C54H37N. The number of rotatable bonds is 5. The molecule has 0 fully saturated rings. The van der Waals surface area contributed by atoms with Gasteiger partial charge in [-0.2, -0.15) is 0 Å². The number of fused-ring (bicyclic) bond motifs is 9. The summed E-state index contributed by atoms with van der Waals surface area (Å²) in [6.45, 7) is 0. The molecule has 0 amide bonds. The third kappa shape index (κ3) is 4.97. The lowest BCUT2D eigenvalue weighted by Gasteiger charge is -2.32. The van der Waals surface area contributed by atoms with E-state index in [9.17, 15) is 0 Å². The number of benzene rings is 7. The molecule has 1 atom stereocenters. The summed E-state index contributed by atoms with van der Waals surface area (Å²) in [7, 11) is 0. The van der Waals surface area contributed by atoms with E-state index in [0.29, 0.717) is 0 Å². The maximum Gasteiger partial charge on any atom is 0.0722 e. The van der Waals surface area contributed by atoms with Gasteiger partial charge in [-0.3, -0.25) is 0 Å². The quantitative estimate of drug-likeness (QED) is 0.174. The van der Waals surface area contributed by atoms with E-state index in [1.165, 1.54) is 72.3 Å². The molecule has 1 spiro atoms. The van der Waals surface area contributed by atoms with Gasteiger partial charge < -0.3 is 0 Å². The fourth-order valence-electron chi connectivity index (χ4n) is 9.52. The van der Waals surface area contributed by atoms with Crippen LogP contribution in [0.3, 0.4) is 0 Å². The average molecular weight is 700 g/mol. The molecule has 1 heterocycles. The van der Waals surface area contributed by atoms with Gasteiger partial charge in [0.1, 0.15) is 0 Å². The summed E-state index contributed by atoms with van der Waals surface area (Å²) < 4.78 is 0. The van der Waals surface area contributed by atoms with Crippen molar-refractivity contribution >= 4 is 5.57 Å². The first-order valence-corrected chi connectivity index (χ1v) is 19.3. The summed E-state index contributed by atoms with van der Waals surface area (Å²) >= 11 is 0. The Bertz CT molecular complexity index is 2800. The zero-order chi connectivity index (χ0) is 36.3. The third-order valence-corrected chi connectivity index (χ3v) is 12.0. The number of allylic oxidation sites excluding steroid dienone is 4. The number of hydrogen-bond acceptors (Lipinski definition) is 1. The molecule has 1 heteroatoms. The van der Waals surface area contributed by atoms with Crippen LogP contribution in [0.1, 0.15) is 35.1 Å². The Labute approximate surface area is 322 Å². The lowest BCUT2D eigenvalue weighted by atomic mass is 9.69. The number of aromatic nitrogens is 1. The van der Waals surface area contributed by atoms with Crippen LogP contribution in [0.4, 0.5) is 0 Å². The van der Waals surface area contributed by atoms with Gasteiger partial charge in [0, 0.05) is 11.1 Å². The van der Waals surface area contributed by atoms with E-state index in [1.54, 1.807) is 0 Å². The van der Waals surface area contributed by atoms with Crippen LogP contribution in [-0.2, 0) is 5.41 Å². The minimum Gasteiger partial charge on any atom is -0.248 e. The zero-order valence-electron chi connectivity index (χ0n) is 30.4. The van der Waals surface area contributed by atoms with Gasteiger partial charge in [0.25, 0.3) is 0 Å². The highest BCUT2D eigenvalue weighted by Crippen LogP contribution is 2.63. The van der Waals surface area contributed by atoms with Crippen molar-refractivity contribution in [1.29, 1.82) is 0 Å². The van der Waals surface area contributed by atoms with Gasteiger partial charge in [0.05, 0.1) is 16.8 Å². The summed E-state index contributed by atoms with van der Waals surface area (Å²) in [5.74, 6) is 0. The Morgan fingerprint density at radius 1 is 0.364 bits per heavy atom. The molecule has 1 aromatic heterocycles. The highest BCUT2D eigenvalue weighted by atomic mass is 14.7. The lowest BCUT2D eigenvalue weighted by Crippen LogP contribution is -2.27. The van der Waals surface area contributed by atoms with Crippen molar-refractivity contribution in [3.63, 3.8) is 0 Å². The van der Waals surface area contributed by atoms with Crippen molar-refractivity contribution in [2.24, 2.45) is 0 Å². The van der Waals surface area contributed by atoms with E-state index in [0.717, 1.165) is 40.9 Å². The van der Waals surface area contributed by atoms with Crippen LogP contribution in [0.5, 0.6) is 0 Å². The van der Waals surface area contributed by atoms with Crippen molar-refractivity contribution in [1.82, 2.24) is 4.98 Å². The van der Waals surface area contributed by atoms with Gasteiger partial charge >= 0.3 is 0 Å². The number of hydrogen-bond donors (Lipinski definition) is 0. The van der Waals surface area contributed by atoms with Crippen LogP contribution in [0.15, 0.2) is 206 Å². The van der Waals surface area contributed by atoms with E-state index in [4.69, 9.17) is 4.98 Å². The Kier molecular flexibility index (Phi) is 7.28. The third-order valence-electron chi connectivity index (χ3n) is 12.0. The maximum absolute atomic E-state index is 5.12. The van der Waals surface area contributed by atoms with Crippen molar-refractivity contribution in [3.05, 3.63) is 228 Å². The lowest BCUT2D eigenvalue weighted by molar-refractivity contribution is 0.781. The minimum atomic E-state index is -0.307. The van der Waals surface area contributed by atoms with Crippen molar-refractivity contribution < 1.29 is 0 Å². The van der Waals surface area contributed by atoms with E-state index >= 15 is 0 Å². The maximum atomic E-state index is 5.12. The Hall–Kier alpha value is -6.83. The summed E-state index contributed by atoms with van der Waals surface area (Å²) in [6, 6.07) is 68.8. The fourth-order valence-corrected chi connectivity index (χ4v) is 9.52. The van der Waals surface area contributed by atoms with E-state index in [1.807, 2.05) is 0 Å². The molecule has 1 unspecified atom stereocenters. The van der Waals surface area contributed by atoms with Crippen LogP contribution >= 0.6 is 0 Å². The number of nitrogens with zero attached hydrogens (tertiary/aromatic N) is 1. The first kappa shape index (κ1) is 31.7. The summed E-state index contributed by atoms with van der Waals surface area (Å²) in [4.78, 5) is 5.12. The molecule has 0 saturated carbocycles. The van der Waals surface area contributed by atoms with Gasteiger partial charge in [-0.1, -0.05) is 170 Å². The molecule has 258 valence electrons. The Morgan fingerprint density at radius 3 is 1.49 bits per heavy atom. The number of pyridine rings is 1. The van der Waals surface area contributed by atoms with Crippen molar-refractivity contribution in [3.8, 4) is 67.0 Å². The summed E-state index contributed by atoms with van der Waals surface area (Å²) in [6.07, 6.45) is 6.99. The van der Waals surface area contributed by atoms with Gasteiger partial charge in [-0.15, -0.1) is 0 Å². The molecule has 0 saturated heterocycles. The molecule has 3 aliphatic carbocycles. The van der Waals surface area contributed by atoms with Crippen LogP contribution in [-0.4, -0.2) is 4.98 Å². The molecule has 11 rings (SSSR count). The molecule has 8 aromatic rings. The van der Waals surface area contributed by atoms with Gasteiger partial charge in [-0.05, 0) is 121 Å². The van der Waals surface area contributed by atoms with Crippen molar-refractivity contribution in [2.75, 3.05) is 0 Å². The average Bonchev–Trinajstić information content (AvgIpc) is 3.74. The van der Waals surface area contributed by atoms with Crippen LogP contribution in [0.25, 0.3) is 72.6 Å². The predicted octanol–water partition coefficient (Wildman–Crippen LogP) is 13.8. The Morgan fingerprint density at radius 2 is 0.855 bits per heavy atom. The molecular weight excluding hydrogens is 663 g/mol. The van der Waals surface area contributed by atoms with E-state index < -0.39 is 0 Å². The first-order valence-electron chi connectivity index (χ1n) is 19.3. The smallest absolute Gasteiger partial charge is 0.0722 e. The molecule has 0 bridgehead atoms. The SMILES string of the molecule is C1=CC2=C(CC1)c1ccccc1C21c2ccccc2-c2ccc(-c3cccc(-c4cccc(-c5cc(-c6ccccc6)nc(-c6ccccc6)c5)c4)c3)cc21. The molecule has 7 aromatic carbocycles. The second kappa shape index (κ2) is 12.6. The van der Waals surface area contributed by atoms with Crippen molar-refractivity contribution in [2.45, 2.75) is 18.3 Å². The minimum absolute atomic E-state index is 0.307. The van der Waals surface area contributed by atoms with E-state index in [2.05, 4.69) is 200 Å². The zero-order valence-corrected chi connectivity index (χ0v) is 30.4. The Balaban J connectivity index is 1.02. The molecule has 0 aliphatic heterocycles. The molecule has 1 nitrogen and oxygen atoms in total. The second-order valence-electron chi connectivity index (χ2n) is 15.0. The fraction of sp³-hybridized carbons (Fsp3) is 0.0556. The summed E-state index contributed by atoms with van der Waals surface area (Å²) in [5.41, 5.74) is 22.3. The van der Waals surface area contributed by atoms with Crippen LogP contribution in [0, 0.1) is 0 Å². The molecule has 0 N–H and O–H groups in total. The molecule has 3 aliphatic rings. The first-order chi connectivity index (χ1) is 27.3.